The Balaban J connectivity index is 1.98. The van der Waals surface area contributed by atoms with Crippen LogP contribution in [0.2, 0.25) is 10.0 Å². The van der Waals surface area contributed by atoms with Gasteiger partial charge in [0, 0.05) is 24.8 Å². The molecule has 0 radical (unpaired) electrons. The highest BCUT2D eigenvalue weighted by Gasteiger charge is 2.05. The van der Waals surface area contributed by atoms with Crippen LogP contribution in [0.25, 0.3) is 0 Å². The Labute approximate surface area is 122 Å². The first-order valence-corrected chi connectivity index (χ1v) is 6.59. The Kier molecular flexibility index (Phi) is 5.02. The fourth-order valence-electron chi connectivity index (χ4n) is 1.76. The molecule has 0 aliphatic rings. The molecular formula is C14H14Cl2N2O. The second-order valence-corrected chi connectivity index (χ2v) is 4.77. The second-order valence-electron chi connectivity index (χ2n) is 3.99. The van der Waals surface area contributed by atoms with E-state index in [1.807, 2.05) is 24.3 Å². The summed E-state index contributed by atoms with van der Waals surface area (Å²) < 4.78 is 5.19. The average molecular weight is 297 g/mol. The molecule has 100 valence electrons. The van der Waals surface area contributed by atoms with Crippen LogP contribution in [-0.4, -0.2) is 12.1 Å². The van der Waals surface area contributed by atoms with Crippen molar-refractivity contribution in [1.82, 2.24) is 10.3 Å². The Morgan fingerprint density at radius 3 is 2.63 bits per heavy atom. The van der Waals surface area contributed by atoms with Crippen LogP contribution in [-0.2, 0) is 13.1 Å². The number of benzene rings is 1. The summed E-state index contributed by atoms with van der Waals surface area (Å²) in [7, 11) is 1.61. The normalized spacial score (nSPS) is 10.5. The van der Waals surface area contributed by atoms with Gasteiger partial charge in [-0.05, 0) is 17.7 Å². The van der Waals surface area contributed by atoms with Crippen LogP contribution in [0.3, 0.4) is 0 Å². The topological polar surface area (TPSA) is 34.1 Å². The van der Waals surface area contributed by atoms with Gasteiger partial charge in [0.1, 0.15) is 0 Å². The first-order valence-electron chi connectivity index (χ1n) is 5.84. The molecule has 0 saturated carbocycles. The number of hydrogen-bond acceptors (Lipinski definition) is 3. The number of nitrogens with zero attached hydrogens (tertiary/aromatic N) is 1. The zero-order chi connectivity index (χ0) is 13.7. The summed E-state index contributed by atoms with van der Waals surface area (Å²) in [4.78, 5) is 4.15. The lowest BCUT2D eigenvalue weighted by Gasteiger charge is -2.09. The number of rotatable bonds is 5. The van der Waals surface area contributed by atoms with E-state index in [4.69, 9.17) is 27.9 Å². The number of aromatic nitrogens is 1. The molecule has 1 aromatic carbocycles. The van der Waals surface area contributed by atoms with Gasteiger partial charge in [-0.3, -0.25) is 0 Å². The Morgan fingerprint density at radius 2 is 1.84 bits per heavy atom. The third kappa shape index (κ3) is 3.60. The van der Waals surface area contributed by atoms with Crippen molar-refractivity contribution in [1.29, 1.82) is 0 Å². The van der Waals surface area contributed by atoms with Crippen LogP contribution in [0.1, 0.15) is 11.1 Å². The minimum absolute atomic E-state index is 0.569. The molecule has 0 fully saturated rings. The van der Waals surface area contributed by atoms with Gasteiger partial charge in [0.05, 0.1) is 17.2 Å². The van der Waals surface area contributed by atoms with E-state index < -0.39 is 0 Å². The van der Waals surface area contributed by atoms with Gasteiger partial charge in [-0.15, -0.1) is 0 Å². The van der Waals surface area contributed by atoms with E-state index in [1.54, 1.807) is 19.4 Å². The average Bonchev–Trinajstić information content (AvgIpc) is 2.44. The van der Waals surface area contributed by atoms with E-state index in [1.165, 1.54) is 0 Å². The molecule has 0 bridgehead atoms. The van der Waals surface area contributed by atoms with Crippen LogP contribution < -0.4 is 10.1 Å². The summed E-state index contributed by atoms with van der Waals surface area (Å²) in [6.07, 6.45) is 1.70. The number of hydrogen-bond donors (Lipinski definition) is 1. The lowest BCUT2D eigenvalue weighted by molar-refractivity contribution is 0.390. The van der Waals surface area contributed by atoms with Crippen molar-refractivity contribution in [2.24, 2.45) is 0 Å². The van der Waals surface area contributed by atoms with Crippen molar-refractivity contribution >= 4 is 23.2 Å². The van der Waals surface area contributed by atoms with Crippen molar-refractivity contribution in [2.75, 3.05) is 7.11 Å². The smallest absolute Gasteiger partial charge is 0.217 e. The summed E-state index contributed by atoms with van der Waals surface area (Å²) in [6, 6.07) is 9.46. The first-order chi connectivity index (χ1) is 9.22. The molecule has 0 aliphatic heterocycles. The molecule has 0 amide bonds. The van der Waals surface area contributed by atoms with Crippen LogP contribution >= 0.6 is 23.2 Å². The maximum Gasteiger partial charge on any atom is 0.217 e. The van der Waals surface area contributed by atoms with E-state index in [0.29, 0.717) is 29.0 Å². The largest absolute Gasteiger partial charge is 0.481 e. The highest BCUT2D eigenvalue weighted by molar-refractivity contribution is 6.42. The maximum absolute atomic E-state index is 6.12. The third-order valence-electron chi connectivity index (χ3n) is 2.71. The lowest BCUT2D eigenvalue weighted by atomic mass is 10.2. The molecule has 3 nitrogen and oxygen atoms in total. The van der Waals surface area contributed by atoms with Gasteiger partial charge in [-0.25, -0.2) is 4.98 Å². The van der Waals surface area contributed by atoms with Crippen molar-refractivity contribution < 1.29 is 4.74 Å². The molecule has 5 heteroatoms. The van der Waals surface area contributed by atoms with Crippen LogP contribution in [0.5, 0.6) is 5.88 Å². The number of nitrogens with one attached hydrogen (secondary N) is 1. The van der Waals surface area contributed by atoms with Crippen LogP contribution in [0, 0.1) is 0 Å². The Morgan fingerprint density at radius 1 is 1.11 bits per heavy atom. The SMILES string of the molecule is COc1ncccc1CNCc1cccc(Cl)c1Cl. The highest BCUT2D eigenvalue weighted by Crippen LogP contribution is 2.25. The number of halogens is 2. The van der Waals surface area contributed by atoms with E-state index in [2.05, 4.69) is 10.3 Å². The molecule has 1 N–H and O–H groups in total. The summed E-state index contributed by atoms with van der Waals surface area (Å²) >= 11 is 12.1. The molecular weight excluding hydrogens is 283 g/mol. The summed E-state index contributed by atoms with van der Waals surface area (Å²) in [5.74, 6) is 0.632. The van der Waals surface area contributed by atoms with E-state index in [9.17, 15) is 0 Å². The van der Waals surface area contributed by atoms with Crippen molar-refractivity contribution in [2.45, 2.75) is 13.1 Å². The minimum atomic E-state index is 0.569. The number of pyridine rings is 1. The van der Waals surface area contributed by atoms with Gasteiger partial charge in [0.15, 0.2) is 0 Å². The number of methoxy groups -OCH3 is 1. The molecule has 0 unspecified atom stereocenters. The number of ether oxygens (including phenoxy) is 1. The van der Waals surface area contributed by atoms with Gasteiger partial charge in [0.25, 0.3) is 0 Å². The van der Waals surface area contributed by atoms with Crippen molar-refractivity contribution in [3.63, 3.8) is 0 Å². The molecule has 1 aromatic heterocycles. The van der Waals surface area contributed by atoms with Gasteiger partial charge in [0.2, 0.25) is 5.88 Å². The van der Waals surface area contributed by atoms with Crippen molar-refractivity contribution in [3.05, 3.63) is 57.7 Å². The second kappa shape index (κ2) is 6.75. The van der Waals surface area contributed by atoms with Gasteiger partial charge < -0.3 is 10.1 Å². The monoisotopic (exact) mass is 296 g/mol. The Hall–Kier alpha value is -1.29. The predicted molar refractivity (Wildman–Crippen MR) is 77.8 cm³/mol. The molecule has 0 saturated heterocycles. The molecule has 19 heavy (non-hydrogen) atoms. The summed E-state index contributed by atoms with van der Waals surface area (Å²) in [5, 5.41) is 4.46. The molecule has 0 spiro atoms. The quantitative estimate of drug-likeness (QED) is 0.914. The minimum Gasteiger partial charge on any atom is -0.481 e. The summed E-state index contributed by atoms with van der Waals surface area (Å²) in [6.45, 7) is 1.29. The van der Waals surface area contributed by atoms with E-state index in [-0.39, 0.29) is 0 Å². The molecule has 1 heterocycles. The van der Waals surface area contributed by atoms with Gasteiger partial charge in [-0.1, -0.05) is 41.4 Å². The maximum atomic E-state index is 6.12. The third-order valence-corrected chi connectivity index (χ3v) is 3.56. The van der Waals surface area contributed by atoms with Crippen LogP contribution in [0.4, 0.5) is 0 Å². The zero-order valence-electron chi connectivity index (χ0n) is 10.5. The standard InChI is InChI=1S/C14H14Cl2N2O/c1-19-14-11(5-3-7-18-14)9-17-8-10-4-2-6-12(15)13(10)16/h2-7,17H,8-9H2,1H3. The lowest BCUT2D eigenvalue weighted by Crippen LogP contribution is -2.14. The van der Waals surface area contributed by atoms with Gasteiger partial charge >= 0.3 is 0 Å². The van der Waals surface area contributed by atoms with Gasteiger partial charge in [-0.2, -0.15) is 0 Å². The van der Waals surface area contributed by atoms with E-state index in [0.717, 1.165) is 11.1 Å². The van der Waals surface area contributed by atoms with E-state index >= 15 is 0 Å². The fourth-order valence-corrected chi connectivity index (χ4v) is 2.15. The molecule has 0 atom stereocenters. The molecule has 2 aromatic rings. The Bertz CT molecular complexity index is 561. The summed E-state index contributed by atoms with van der Waals surface area (Å²) in [5.41, 5.74) is 1.97. The van der Waals surface area contributed by atoms with Crippen molar-refractivity contribution in [3.8, 4) is 5.88 Å². The molecule has 2 rings (SSSR count). The zero-order valence-corrected chi connectivity index (χ0v) is 12.0. The fraction of sp³-hybridized carbons (Fsp3) is 0.214. The predicted octanol–water partition coefficient (Wildman–Crippen LogP) is 3.69. The molecule has 0 aliphatic carbocycles. The highest BCUT2D eigenvalue weighted by atomic mass is 35.5. The first kappa shape index (κ1) is 14.1. The van der Waals surface area contributed by atoms with Crippen LogP contribution in [0.15, 0.2) is 36.5 Å².